The molecule has 0 aromatic rings. The summed E-state index contributed by atoms with van der Waals surface area (Å²) in [5.74, 6) is -34.2. The normalized spacial score (nSPS) is 18.4. The van der Waals surface area contributed by atoms with Gasteiger partial charge in [0.1, 0.15) is 0 Å². The molecule has 24 heavy (non-hydrogen) atoms. The van der Waals surface area contributed by atoms with Crippen molar-refractivity contribution < 1.29 is 62.6 Å². The fraction of sp³-hybridized carbons (Fsp3) is 0.900. The lowest BCUT2D eigenvalue weighted by molar-refractivity contribution is -0.389. The fourth-order valence-corrected chi connectivity index (χ4v) is 1.36. The van der Waals surface area contributed by atoms with Gasteiger partial charge in [-0.2, -0.15) is 35.1 Å². The molecule has 0 heterocycles. The molecule has 0 fully saturated rings. The zero-order valence-corrected chi connectivity index (χ0v) is 11.2. The van der Waals surface area contributed by atoms with E-state index in [0.717, 1.165) is 0 Å². The Kier molecular flexibility index (Phi) is 6.13. The van der Waals surface area contributed by atoms with Crippen LogP contribution in [0.2, 0.25) is 0 Å². The van der Waals surface area contributed by atoms with Gasteiger partial charge in [-0.25, -0.2) is 17.6 Å². The molecule has 0 saturated carbocycles. The molecule has 0 rings (SSSR count). The Morgan fingerprint density at radius 2 is 1.04 bits per heavy atom. The first-order valence-electron chi connectivity index (χ1n) is 5.67. The summed E-state index contributed by atoms with van der Waals surface area (Å²) in [7, 11) is 0. The van der Waals surface area contributed by atoms with Crippen LogP contribution in [0.5, 0.6) is 0 Å². The Bertz CT molecular complexity index is 463. The summed E-state index contributed by atoms with van der Waals surface area (Å²) in [6, 6.07) is 0. The van der Waals surface area contributed by atoms with Gasteiger partial charge in [0.15, 0.2) is 6.17 Å². The van der Waals surface area contributed by atoms with E-state index in [1.807, 2.05) is 0 Å². The standard InChI is InChI=1S/C10H8F12O2/c1-2(6(23)24)3(11)7(15,16)9(19,20)10(21,22)8(17,18)4(12)5(13)14/h2-5H,1H3,(H,23,24). The van der Waals surface area contributed by atoms with E-state index in [1.165, 1.54) is 0 Å². The van der Waals surface area contributed by atoms with Gasteiger partial charge in [-0.3, -0.25) is 4.79 Å². The largest absolute Gasteiger partial charge is 0.481 e. The van der Waals surface area contributed by atoms with Crippen molar-refractivity contribution in [3.8, 4) is 0 Å². The fourth-order valence-electron chi connectivity index (χ4n) is 1.36. The van der Waals surface area contributed by atoms with Gasteiger partial charge in [-0.15, -0.1) is 0 Å². The molecule has 0 radical (unpaired) electrons. The summed E-state index contributed by atoms with van der Waals surface area (Å²) >= 11 is 0. The zero-order chi connectivity index (χ0) is 19.9. The van der Waals surface area contributed by atoms with Gasteiger partial charge < -0.3 is 5.11 Å². The van der Waals surface area contributed by atoms with E-state index >= 15 is 0 Å². The number of alkyl halides is 12. The third-order valence-corrected chi connectivity index (χ3v) is 2.97. The van der Waals surface area contributed by atoms with Crippen LogP contribution in [0, 0.1) is 5.92 Å². The molecule has 0 aliphatic heterocycles. The molecule has 14 heteroatoms. The molecule has 0 aliphatic rings. The van der Waals surface area contributed by atoms with E-state index in [0.29, 0.717) is 0 Å². The predicted molar refractivity (Wildman–Crippen MR) is 52.4 cm³/mol. The van der Waals surface area contributed by atoms with E-state index in [9.17, 15) is 57.5 Å². The van der Waals surface area contributed by atoms with Crippen LogP contribution in [-0.2, 0) is 4.79 Å². The lowest BCUT2D eigenvalue weighted by atomic mass is 9.89. The van der Waals surface area contributed by atoms with Gasteiger partial charge in [-0.1, -0.05) is 0 Å². The van der Waals surface area contributed by atoms with Crippen molar-refractivity contribution >= 4 is 5.97 Å². The number of hydrogen-bond acceptors (Lipinski definition) is 1. The van der Waals surface area contributed by atoms with E-state index in [2.05, 4.69) is 0 Å². The van der Waals surface area contributed by atoms with Crippen LogP contribution < -0.4 is 0 Å². The Morgan fingerprint density at radius 1 is 0.750 bits per heavy atom. The van der Waals surface area contributed by atoms with Crippen LogP contribution in [0.4, 0.5) is 52.7 Å². The first-order valence-corrected chi connectivity index (χ1v) is 5.67. The number of aliphatic carboxylic acids is 1. The van der Waals surface area contributed by atoms with Gasteiger partial charge in [0, 0.05) is 0 Å². The van der Waals surface area contributed by atoms with Crippen molar-refractivity contribution in [2.24, 2.45) is 5.92 Å². The smallest absolute Gasteiger partial charge is 0.381 e. The highest BCUT2D eigenvalue weighted by Crippen LogP contribution is 2.56. The summed E-state index contributed by atoms with van der Waals surface area (Å²) < 4.78 is 154. The molecule has 0 amide bonds. The summed E-state index contributed by atoms with van der Waals surface area (Å²) in [6.07, 6.45) is -14.8. The molecule has 0 aliphatic carbocycles. The maximum atomic E-state index is 13.2. The van der Waals surface area contributed by atoms with Crippen LogP contribution in [0.15, 0.2) is 0 Å². The molecule has 0 spiro atoms. The maximum Gasteiger partial charge on any atom is 0.381 e. The number of carboxylic acid groups (broad SMARTS) is 1. The third kappa shape index (κ3) is 3.23. The Hall–Kier alpha value is -1.37. The van der Waals surface area contributed by atoms with Crippen LogP contribution in [-0.4, -0.2) is 53.5 Å². The van der Waals surface area contributed by atoms with Crippen LogP contribution >= 0.6 is 0 Å². The summed E-state index contributed by atoms with van der Waals surface area (Å²) in [5.41, 5.74) is 0. The molecule has 3 atom stereocenters. The van der Waals surface area contributed by atoms with Crippen LogP contribution in [0.25, 0.3) is 0 Å². The Labute approximate surface area is 125 Å². The third-order valence-electron chi connectivity index (χ3n) is 2.97. The maximum absolute atomic E-state index is 13.2. The quantitative estimate of drug-likeness (QED) is 0.634. The van der Waals surface area contributed by atoms with E-state index in [4.69, 9.17) is 5.11 Å². The van der Waals surface area contributed by atoms with Crippen molar-refractivity contribution in [1.29, 1.82) is 0 Å². The highest BCUT2D eigenvalue weighted by Gasteiger charge is 2.84. The van der Waals surface area contributed by atoms with Gasteiger partial charge in [0.2, 0.25) is 6.17 Å². The number of rotatable bonds is 8. The van der Waals surface area contributed by atoms with Crippen molar-refractivity contribution in [3.63, 3.8) is 0 Å². The van der Waals surface area contributed by atoms with Gasteiger partial charge in [0.05, 0.1) is 5.92 Å². The highest BCUT2D eigenvalue weighted by atomic mass is 19.4. The molecular formula is C10H8F12O2. The Morgan fingerprint density at radius 3 is 1.29 bits per heavy atom. The molecule has 0 saturated heterocycles. The minimum Gasteiger partial charge on any atom is -0.481 e. The molecule has 3 unspecified atom stereocenters. The second kappa shape index (κ2) is 6.50. The van der Waals surface area contributed by atoms with E-state index in [1.54, 1.807) is 0 Å². The first kappa shape index (κ1) is 22.6. The molecule has 0 aromatic carbocycles. The number of carbonyl (C=O) groups is 1. The van der Waals surface area contributed by atoms with Gasteiger partial charge in [-0.05, 0) is 6.92 Å². The average molecular weight is 388 g/mol. The van der Waals surface area contributed by atoms with Crippen molar-refractivity contribution in [2.45, 2.75) is 49.4 Å². The lowest BCUT2D eigenvalue weighted by Crippen LogP contribution is -2.68. The van der Waals surface area contributed by atoms with E-state index in [-0.39, 0.29) is 6.92 Å². The van der Waals surface area contributed by atoms with Crippen LogP contribution in [0.1, 0.15) is 6.92 Å². The second-order valence-corrected chi connectivity index (χ2v) is 4.66. The van der Waals surface area contributed by atoms with Crippen molar-refractivity contribution in [1.82, 2.24) is 0 Å². The zero-order valence-electron chi connectivity index (χ0n) is 11.2. The van der Waals surface area contributed by atoms with E-state index < -0.39 is 54.3 Å². The Balaban J connectivity index is 6.05. The molecule has 144 valence electrons. The van der Waals surface area contributed by atoms with Crippen molar-refractivity contribution in [2.75, 3.05) is 0 Å². The minimum absolute atomic E-state index is 0.0321. The number of halogens is 12. The predicted octanol–water partition coefficient (Wildman–Crippen LogP) is 4.19. The van der Waals surface area contributed by atoms with Gasteiger partial charge >= 0.3 is 29.7 Å². The minimum atomic E-state index is -7.47. The second-order valence-electron chi connectivity index (χ2n) is 4.66. The molecule has 2 nitrogen and oxygen atoms in total. The number of carboxylic acids is 1. The number of hydrogen-bond donors (Lipinski definition) is 1. The van der Waals surface area contributed by atoms with Crippen molar-refractivity contribution in [3.05, 3.63) is 0 Å². The lowest BCUT2D eigenvalue weighted by Gasteiger charge is -2.39. The molecular weight excluding hydrogens is 380 g/mol. The molecule has 0 bridgehead atoms. The van der Waals surface area contributed by atoms with Gasteiger partial charge in [0.25, 0.3) is 6.43 Å². The first-order chi connectivity index (χ1) is 10.4. The monoisotopic (exact) mass is 388 g/mol. The summed E-state index contributed by atoms with van der Waals surface area (Å²) in [5, 5.41) is 8.19. The summed E-state index contributed by atoms with van der Waals surface area (Å²) in [6.45, 7) is 0.0321. The SMILES string of the molecule is CC(C(=O)O)C(F)C(F)(F)C(F)(F)C(F)(F)C(F)(F)C(F)C(F)F. The molecule has 0 aromatic heterocycles. The van der Waals surface area contributed by atoms with Crippen LogP contribution in [0.3, 0.4) is 0 Å². The average Bonchev–Trinajstić information content (AvgIpc) is 2.43. The molecule has 1 N–H and O–H groups in total. The highest BCUT2D eigenvalue weighted by molar-refractivity contribution is 5.70. The topological polar surface area (TPSA) is 37.3 Å². The summed E-state index contributed by atoms with van der Waals surface area (Å²) in [4.78, 5) is 10.2.